The second-order valence-corrected chi connectivity index (χ2v) is 6.40. The second kappa shape index (κ2) is 6.45. The van der Waals surface area contributed by atoms with E-state index in [2.05, 4.69) is 0 Å². The Bertz CT molecular complexity index is 822. The van der Waals surface area contributed by atoms with Gasteiger partial charge in [0.15, 0.2) is 0 Å². The predicted octanol–water partition coefficient (Wildman–Crippen LogP) is 2.95. The highest BCUT2D eigenvalue weighted by Crippen LogP contribution is 2.35. The largest absolute Gasteiger partial charge is 0.478 e. The van der Waals surface area contributed by atoms with Gasteiger partial charge in [0.05, 0.1) is 16.5 Å². The molecule has 1 aliphatic heterocycles. The van der Waals surface area contributed by atoms with Gasteiger partial charge in [-0.3, -0.25) is 9.59 Å². The topological polar surface area (TPSA) is 74.7 Å². The highest BCUT2D eigenvalue weighted by molar-refractivity contribution is 8.00. The number of hydrogen-bond acceptors (Lipinski definition) is 4. The molecule has 1 N–H and O–H groups in total. The smallest absolute Gasteiger partial charge is 0.336 e. The lowest BCUT2D eigenvalue weighted by Crippen LogP contribution is -2.31. The molecule has 1 heterocycles. The van der Waals surface area contributed by atoms with Gasteiger partial charge in [-0.25, -0.2) is 14.1 Å². The van der Waals surface area contributed by atoms with Gasteiger partial charge in [-0.05, 0) is 36.4 Å². The maximum Gasteiger partial charge on any atom is 0.336 e. The quantitative estimate of drug-likeness (QED) is 0.863. The lowest BCUT2D eigenvalue weighted by atomic mass is 10.2. The van der Waals surface area contributed by atoms with E-state index in [1.165, 1.54) is 30.3 Å². The molecule has 24 heavy (non-hydrogen) atoms. The molecule has 2 amide bonds. The molecule has 1 atom stereocenters. The first-order valence-electron chi connectivity index (χ1n) is 7.08. The van der Waals surface area contributed by atoms with E-state index < -0.39 is 28.9 Å². The summed E-state index contributed by atoms with van der Waals surface area (Å²) in [7, 11) is 0. The van der Waals surface area contributed by atoms with Crippen LogP contribution in [0.15, 0.2) is 53.4 Å². The van der Waals surface area contributed by atoms with Crippen LogP contribution in [0, 0.1) is 5.82 Å². The van der Waals surface area contributed by atoms with Crippen molar-refractivity contribution < 1.29 is 23.9 Å². The Balaban J connectivity index is 1.85. The van der Waals surface area contributed by atoms with Gasteiger partial charge in [0.2, 0.25) is 11.8 Å². The molecule has 122 valence electrons. The molecule has 0 unspecified atom stereocenters. The van der Waals surface area contributed by atoms with Crippen LogP contribution in [0.4, 0.5) is 10.1 Å². The number of imide groups is 1. The molecule has 1 aliphatic rings. The van der Waals surface area contributed by atoms with Crippen LogP contribution in [0.2, 0.25) is 0 Å². The first-order valence-corrected chi connectivity index (χ1v) is 7.96. The highest BCUT2D eigenvalue weighted by Gasteiger charge is 2.40. The van der Waals surface area contributed by atoms with Crippen LogP contribution in [0.3, 0.4) is 0 Å². The zero-order valence-electron chi connectivity index (χ0n) is 12.3. The van der Waals surface area contributed by atoms with Gasteiger partial charge in [-0.1, -0.05) is 12.1 Å². The third-order valence-corrected chi connectivity index (χ3v) is 4.84. The van der Waals surface area contributed by atoms with E-state index in [4.69, 9.17) is 0 Å². The van der Waals surface area contributed by atoms with Crippen LogP contribution in [0.1, 0.15) is 16.8 Å². The van der Waals surface area contributed by atoms with E-state index in [0.29, 0.717) is 10.6 Å². The number of carboxylic acids is 1. The summed E-state index contributed by atoms with van der Waals surface area (Å²) >= 11 is 1.05. The van der Waals surface area contributed by atoms with Crippen molar-refractivity contribution in [2.24, 2.45) is 0 Å². The molecule has 0 spiro atoms. The Labute approximate surface area is 141 Å². The minimum Gasteiger partial charge on any atom is -0.478 e. The zero-order valence-corrected chi connectivity index (χ0v) is 13.1. The standard InChI is InChI=1S/C17H12FNO4S/c18-10-5-7-11(8-6-10)19-15(20)9-14(16(19)21)24-13-4-2-1-3-12(13)17(22)23/h1-8,14H,9H2,(H,22,23)/t14-/m0/s1. The van der Waals surface area contributed by atoms with E-state index in [0.717, 1.165) is 16.7 Å². The van der Waals surface area contributed by atoms with Gasteiger partial charge in [-0.2, -0.15) is 0 Å². The van der Waals surface area contributed by atoms with Crippen LogP contribution >= 0.6 is 11.8 Å². The summed E-state index contributed by atoms with van der Waals surface area (Å²) in [4.78, 5) is 37.4. The number of amides is 2. The monoisotopic (exact) mass is 345 g/mol. The lowest BCUT2D eigenvalue weighted by molar-refractivity contribution is -0.121. The van der Waals surface area contributed by atoms with Crippen LogP contribution in [0.5, 0.6) is 0 Å². The Kier molecular flexibility index (Phi) is 4.35. The average molecular weight is 345 g/mol. The number of rotatable bonds is 4. The maximum absolute atomic E-state index is 13.0. The number of nitrogens with zero attached hydrogens (tertiary/aromatic N) is 1. The molecular weight excluding hydrogens is 333 g/mol. The summed E-state index contributed by atoms with van der Waals surface area (Å²) in [5.41, 5.74) is 0.393. The van der Waals surface area contributed by atoms with Gasteiger partial charge < -0.3 is 5.11 Å². The van der Waals surface area contributed by atoms with Crippen molar-refractivity contribution in [3.05, 3.63) is 59.9 Å². The zero-order chi connectivity index (χ0) is 17.3. The van der Waals surface area contributed by atoms with E-state index in [-0.39, 0.29) is 12.0 Å². The van der Waals surface area contributed by atoms with Crippen molar-refractivity contribution in [2.75, 3.05) is 4.90 Å². The molecule has 3 rings (SSSR count). The molecule has 2 aromatic rings. The van der Waals surface area contributed by atoms with E-state index in [9.17, 15) is 23.9 Å². The number of thioether (sulfide) groups is 1. The average Bonchev–Trinajstić information content (AvgIpc) is 2.83. The summed E-state index contributed by atoms with van der Waals surface area (Å²) in [6.45, 7) is 0. The third kappa shape index (κ3) is 3.03. The summed E-state index contributed by atoms with van der Waals surface area (Å²) in [6.07, 6.45) is -0.0329. The number of carbonyl (C=O) groups is 3. The summed E-state index contributed by atoms with van der Waals surface area (Å²) in [6, 6.07) is 11.4. The van der Waals surface area contributed by atoms with Gasteiger partial charge in [0.25, 0.3) is 0 Å². The van der Waals surface area contributed by atoms with Gasteiger partial charge >= 0.3 is 5.97 Å². The summed E-state index contributed by atoms with van der Waals surface area (Å²) in [5.74, 6) is -2.38. The van der Waals surface area contributed by atoms with Crippen molar-refractivity contribution in [3.8, 4) is 0 Å². The number of anilines is 1. The van der Waals surface area contributed by atoms with Gasteiger partial charge in [-0.15, -0.1) is 11.8 Å². The van der Waals surface area contributed by atoms with Crippen molar-refractivity contribution >= 4 is 35.2 Å². The Morgan fingerprint density at radius 3 is 2.46 bits per heavy atom. The number of benzene rings is 2. The van der Waals surface area contributed by atoms with Crippen LogP contribution in [0.25, 0.3) is 0 Å². The Morgan fingerprint density at radius 2 is 1.79 bits per heavy atom. The maximum atomic E-state index is 13.0. The number of carboxylic acid groups (broad SMARTS) is 1. The van der Waals surface area contributed by atoms with Crippen LogP contribution in [-0.2, 0) is 9.59 Å². The molecule has 2 aromatic carbocycles. The van der Waals surface area contributed by atoms with Gasteiger partial charge in [0.1, 0.15) is 5.82 Å². The van der Waals surface area contributed by atoms with Crippen molar-refractivity contribution in [3.63, 3.8) is 0 Å². The predicted molar refractivity (Wildman–Crippen MR) is 86.6 cm³/mol. The Hall–Kier alpha value is -2.67. The molecule has 0 aromatic heterocycles. The van der Waals surface area contributed by atoms with Crippen LogP contribution in [-0.4, -0.2) is 28.1 Å². The molecule has 1 saturated heterocycles. The number of carbonyl (C=O) groups excluding carboxylic acids is 2. The van der Waals surface area contributed by atoms with E-state index in [1.807, 2.05) is 0 Å². The first-order chi connectivity index (χ1) is 11.5. The number of aromatic carboxylic acids is 1. The van der Waals surface area contributed by atoms with E-state index >= 15 is 0 Å². The fourth-order valence-corrected chi connectivity index (χ4v) is 3.64. The highest BCUT2D eigenvalue weighted by atomic mass is 32.2. The lowest BCUT2D eigenvalue weighted by Gasteiger charge is -2.15. The summed E-state index contributed by atoms with van der Waals surface area (Å²) in [5, 5.41) is 8.50. The fourth-order valence-electron chi connectivity index (χ4n) is 2.46. The normalized spacial score (nSPS) is 17.4. The van der Waals surface area contributed by atoms with Crippen LogP contribution < -0.4 is 4.90 Å². The van der Waals surface area contributed by atoms with E-state index in [1.54, 1.807) is 18.2 Å². The van der Waals surface area contributed by atoms with Crippen molar-refractivity contribution in [2.45, 2.75) is 16.6 Å². The molecule has 0 bridgehead atoms. The third-order valence-electron chi connectivity index (χ3n) is 3.58. The van der Waals surface area contributed by atoms with Crippen molar-refractivity contribution in [1.82, 2.24) is 0 Å². The minimum atomic E-state index is -1.09. The second-order valence-electron chi connectivity index (χ2n) is 5.16. The molecule has 0 aliphatic carbocycles. The Morgan fingerprint density at radius 1 is 1.12 bits per heavy atom. The fraction of sp³-hybridized carbons (Fsp3) is 0.118. The minimum absolute atomic E-state index is 0.0329. The summed E-state index contributed by atoms with van der Waals surface area (Å²) < 4.78 is 13.0. The molecule has 0 radical (unpaired) electrons. The van der Waals surface area contributed by atoms with Gasteiger partial charge in [0, 0.05) is 11.3 Å². The first kappa shape index (κ1) is 16.2. The SMILES string of the molecule is O=C(O)c1ccccc1S[C@H]1CC(=O)N(c2ccc(F)cc2)C1=O. The van der Waals surface area contributed by atoms with Crippen molar-refractivity contribution in [1.29, 1.82) is 0 Å². The molecule has 5 nitrogen and oxygen atoms in total. The number of hydrogen-bond donors (Lipinski definition) is 1. The molecule has 0 saturated carbocycles. The molecular formula is C17H12FNO4S. The molecule has 7 heteroatoms. The number of halogens is 1. The molecule has 1 fully saturated rings.